The van der Waals surface area contributed by atoms with Crippen molar-refractivity contribution >= 4 is 22.2 Å². The molecule has 146 valence electrons. The summed E-state index contributed by atoms with van der Waals surface area (Å²) in [5.41, 5.74) is 0.602. The molecule has 0 bridgehead atoms. The molecule has 27 heavy (non-hydrogen) atoms. The lowest BCUT2D eigenvalue weighted by atomic mass is 10.2. The molecule has 0 atom stereocenters. The summed E-state index contributed by atoms with van der Waals surface area (Å²) in [6.45, 7) is 4.44. The van der Waals surface area contributed by atoms with Crippen molar-refractivity contribution in [2.45, 2.75) is 24.4 Å². The van der Waals surface area contributed by atoms with Crippen LogP contribution in [0.2, 0.25) is 0 Å². The topological polar surface area (TPSA) is 82.0 Å². The van der Waals surface area contributed by atoms with Crippen molar-refractivity contribution in [1.82, 2.24) is 14.1 Å². The Labute approximate surface area is 163 Å². The summed E-state index contributed by atoms with van der Waals surface area (Å²) in [6, 6.07) is 6.67. The zero-order valence-electron chi connectivity index (χ0n) is 15.0. The maximum Gasteiger partial charge on any atom is 0.292 e. The van der Waals surface area contributed by atoms with Gasteiger partial charge in [0.15, 0.2) is 6.67 Å². The summed E-state index contributed by atoms with van der Waals surface area (Å²) in [6.07, 6.45) is 2.43. The Balaban J connectivity index is 1.60. The SMILES string of the molecule is O=S(=O)(c1cccc(-c2nn(C[NH+]3CCCC3)c(=S)o2)c1)N1CCOCC1. The number of hydrogen-bond acceptors (Lipinski definition) is 6. The number of nitrogens with one attached hydrogen (secondary N) is 1. The van der Waals surface area contributed by atoms with Crippen molar-refractivity contribution in [3.63, 3.8) is 0 Å². The molecule has 2 aliphatic rings. The lowest BCUT2D eigenvalue weighted by Crippen LogP contribution is -3.09. The minimum Gasteiger partial charge on any atom is -0.409 e. The molecule has 0 saturated carbocycles. The maximum absolute atomic E-state index is 12.9. The Morgan fingerprint density at radius 3 is 2.67 bits per heavy atom. The lowest BCUT2D eigenvalue weighted by Gasteiger charge is -2.26. The van der Waals surface area contributed by atoms with Gasteiger partial charge in [-0.05, 0) is 30.4 Å². The Bertz CT molecular complexity index is 957. The summed E-state index contributed by atoms with van der Waals surface area (Å²) in [7, 11) is -3.57. The molecule has 1 N–H and O–H groups in total. The van der Waals surface area contributed by atoms with E-state index in [1.165, 1.54) is 22.0 Å². The zero-order chi connectivity index (χ0) is 18.9. The third-order valence-electron chi connectivity index (χ3n) is 4.98. The second-order valence-corrected chi connectivity index (χ2v) is 9.12. The molecule has 0 radical (unpaired) electrons. The highest BCUT2D eigenvalue weighted by molar-refractivity contribution is 7.89. The highest BCUT2D eigenvalue weighted by atomic mass is 32.2. The summed E-state index contributed by atoms with van der Waals surface area (Å²) in [4.78, 5) is 1.96. The van der Waals surface area contributed by atoms with Gasteiger partial charge in [-0.1, -0.05) is 6.07 Å². The van der Waals surface area contributed by atoms with Gasteiger partial charge in [-0.2, -0.15) is 8.99 Å². The summed E-state index contributed by atoms with van der Waals surface area (Å²) in [5.74, 6) is 0.345. The fourth-order valence-electron chi connectivity index (χ4n) is 3.49. The molecule has 1 aromatic heterocycles. The third kappa shape index (κ3) is 3.99. The second-order valence-electron chi connectivity index (χ2n) is 6.83. The predicted octanol–water partition coefficient (Wildman–Crippen LogP) is 0.530. The molecule has 0 spiro atoms. The summed E-state index contributed by atoms with van der Waals surface area (Å²) >= 11 is 5.30. The van der Waals surface area contributed by atoms with E-state index in [9.17, 15) is 8.42 Å². The minimum atomic E-state index is -3.57. The molecule has 2 fully saturated rings. The van der Waals surface area contributed by atoms with Crippen LogP contribution in [0.1, 0.15) is 12.8 Å². The number of benzene rings is 1. The fraction of sp³-hybridized carbons (Fsp3) is 0.529. The first-order valence-electron chi connectivity index (χ1n) is 9.14. The van der Waals surface area contributed by atoms with Crippen molar-refractivity contribution in [2.24, 2.45) is 0 Å². The Kier molecular flexibility index (Phi) is 5.42. The quantitative estimate of drug-likeness (QED) is 0.723. The molecule has 2 saturated heterocycles. The van der Waals surface area contributed by atoms with E-state index in [4.69, 9.17) is 21.4 Å². The maximum atomic E-state index is 12.9. The molecular formula is C17H23N4O4S2+. The smallest absolute Gasteiger partial charge is 0.292 e. The van der Waals surface area contributed by atoms with Crippen LogP contribution in [-0.4, -0.2) is 61.9 Å². The van der Waals surface area contributed by atoms with E-state index in [0.717, 1.165) is 13.1 Å². The molecule has 2 aromatic rings. The van der Waals surface area contributed by atoms with Gasteiger partial charge < -0.3 is 14.1 Å². The monoisotopic (exact) mass is 411 g/mol. The van der Waals surface area contributed by atoms with Gasteiger partial charge >= 0.3 is 0 Å². The number of quaternary nitrogens is 1. The van der Waals surface area contributed by atoms with Crippen molar-refractivity contribution in [2.75, 3.05) is 39.4 Å². The summed E-state index contributed by atoms with van der Waals surface area (Å²) < 4.78 is 39.8. The van der Waals surface area contributed by atoms with Crippen LogP contribution < -0.4 is 4.90 Å². The molecule has 2 aliphatic heterocycles. The van der Waals surface area contributed by atoms with Crippen LogP contribution in [0.25, 0.3) is 11.5 Å². The number of aromatic nitrogens is 2. The minimum absolute atomic E-state index is 0.225. The lowest BCUT2D eigenvalue weighted by molar-refractivity contribution is -0.911. The Morgan fingerprint density at radius 2 is 1.93 bits per heavy atom. The average molecular weight is 412 g/mol. The highest BCUT2D eigenvalue weighted by Crippen LogP contribution is 2.24. The van der Waals surface area contributed by atoms with E-state index in [0.29, 0.717) is 49.3 Å². The van der Waals surface area contributed by atoms with Crippen LogP contribution in [-0.2, 0) is 21.4 Å². The molecule has 10 heteroatoms. The number of sulfonamides is 1. The van der Waals surface area contributed by atoms with Gasteiger partial charge in [0, 0.05) is 31.5 Å². The number of ether oxygens (including phenoxy) is 1. The van der Waals surface area contributed by atoms with Crippen molar-refractivity contribution < 1.29 is 22.5 Å². The van der Waals surface area contributed by atoms with Crippen LogP contribution in [0.15, 0.2) is 33.6 Å². The number of hydrogen-bond donors (Lipinski definition) is 1. The van der Waals surface area contributed by atoms with Crippen LogP contribution in [0.3, 0.4) is 0 Å². The van der Waals surface area contributed by atoms with Gasteiger partial charge in [0.25, 0.3) is 4.84 Å². The standard InChI is InChI=1S/C17H22N4O4S2/c22-27(23,20-8-10-24-11-9-20)15-5-3-4-14(12-15)16-18-21(17(26)25-16)13-19-6-1-2-7-19/h3-5,12H,1-2,6-11,13H2/p+1. The first-order chi connectivity index (χ1) is 13.0. The van der Waals surface area contributed by atoms with Crippen LogP contribution in [0.4, 0.5) is 0 Å². The first-order valence-corrected chi connectivity index (χ1v) is 11.0. The van der Waals surface area contributed by atoms with E-state index < -0.39 is 10.0 Å². The summed E-state index contributed by atoms with van der Waals surface area (Å²) in [5, 5.41) is 4.48. The Morgan fingerprint density at radius 1 is 1.19 bits per heavy atom. The second kappa shape index (κ2) is 7.80. The average Bonchev–Trinajstić information content (AvgIpc) is 3.33. The number of nitrogens with zero attached hydrogens (tertiary/aromatic N) is 3. The van der Waals surface area contributed by atoms with E-state index >= 15 is 0 Å². The van der Waals surface area contributed by atoms with Crippen molar-refractivity contribution in [1.29, 1.82) is 0 Å². The van der Waals surface area contributed by atoms with Gasteiger partial charge in [0.1, 0.15) is 0 Å². The molecule has 0 amide bonds. The van der Waals surface area contributed by atoms with Crippen molar-refractivity contribution in [3.8, 4) is 11.5 Å². The van der Waals surface area contributed by atoms with Crippen LogP contribution in [0.5, 0.6) is 0 Å². The number of morpholine rings is 1. The molecular weight excluding hydrogens is 388 g/mol. The van der Waals surface area contributed by atoms with Gasteiger partial charge in [-0.15, -0.1) is 5.10 Å². The van der Waals surface area contributed by atoms with Crippen LogP contribution >= 0.6 is 12.2 Å². The van der Waals surface area contributed by atoms with Crippen molar-refractivity contribution in [3.05, 3.63) is 29.1 Å². The van der Waals surface area contributed by atoms with Gasteiger partial charge in [-0.25, -0.2) is 8.42 Å². The van der Waals surface area contributed by atoms with Gasteiger partial charge in [0.05, 0.1) is 31.2 Å². The Hall–Kier alpha value is -1.59. The van der Waals surface area contributed by atoms with E-state index in [1.54, 1.807) is 28.9 Å². The van der Waals surface area contributed by atoms with Gasteiger partial charge in [0.2, 0.25) is 15.9 Å². The number of rotatable bonds is 5. The molecule has 0 aliphatic carbocycles. The van der Waals surface area contributed by atoms with E-state index in [-0.39, 0.29) is 4.90 Å². The molecule has 8 nitrogen and oxygen atoms in total. The molecule has 3 heterocycles. The molecule has 1 aromatic carbocycles. The van der Waals surface area contributed by atoms with E-state index in [2.05, 4.69) is 5.10 Å². The van der Waals surface area contributed by atoms with Gasteiger partial charge in [-0.3, -0.25) is 0 Å². The molecule has 4 rings (SSSR count). The fourth-order valence-corrected chi connectivity index (χ4v) is 5.13. The number of likely N-dealkylation sites (tertiary alicyclic amines) is 1. The first kappa shape index (κ1) is 18.8. The highest BCUT2D eigenvalue weighted by Gasteiger charge is 2.27. The normalized spacial score (nSPS) is 19.6. The predicted molar refractivity (Wildman–Crippen MR) is 100 cm³/mol. The van der Waals surface area contributed by atoms with E-state index in [1.807, 2.05) is 0 Å². The largest absolute Gasteiger partial charge is 0.409 e. The van der Waals surface area contributed by atoms with Crippen LogP contribution in [0, 0.1) is 4.84 Å². The molecule has 0 unspecified atom stereocenters. The zero-order valence-corrected chi connectivity index (χ0v) is 16.6. The third-order valence-corrected chi connectivity index (χ3v) is 7.17.